The number of aliphatic hydroxyl groups excluding tert-OH is 2. The first-order valence-electron chi connectivity index (χ1n) is 5.75. The van der Waals surface area contributed by atoms with E-state index in [1.165, 1.54) is 19.3 Å². The Morgan fingerprint density at radius 3 is 2.21 bits per heavy atom. The van der Waals surface area contributed by atoms with Crippen LogP contribution in [0.2, 0.25) is 0 Å². The molecule has 0 aromatic carbocycles. The maximum atomic E-state index is 9.66. The molecule has 2 bridgehead atoms. The largest absolute Gasteiger partial charge is 0.390 e. The number of nitrogens with two attached hydrogens (primary N) is 1. The van der Waals surface area contributed by atoms with Crippen molar-refractivity contribution in [2.75, 3.05) is 0 Å². The number of hydrogen-bond acceptors (Lipinski definition) is 3. The van der Waals surface area contributed by atoms with Crippen LogP contribution in [0.1, 0.15) is 32.1 Å². The lowest BCUT2D eigenvalue weighted by atomic mass is 9.69. The highest BCUT2D eigenvalue weighted by atomic mass is 16.3. The number of rotatable bonds is 0. The smallest absolute Gasteiger partial charge is 0.0805 e. The normalized spacial score (nSPS) is 61.5. The van der Waals surface area contributed by atoms with Gasteiger partial charge in [0.05, 0.1) is 12.2 Å². The highest BCUT2D eigenvalue weighted by molar-refractivity contribution is 5.13. The Morgan fingerprint density at radius 1 is 1.07 bits per heavy atom. The summed E-state index contributed by atoms with van der Waals surface area (Å²) in [5.74, 6) is 1.34. The van der Waals surface area contributed by atoms with E-state index in [-0.39, 0.29) is 11.5 Å². The zero-order chi connectivity index (χ0) is 9.92. The zero-order valence-corrected chi connectivity index (χ0v) is 8.39. The monoisotopic (exact) mass is 197 g/mol. The van der Waals surface area contributed by atoms with Gasteiger partial charge in [0.15, 0.2) is 0 Å². The highest BCUT2D eigenvalue weighted by Gasteiger charge is 2.60. The number of hydrogen-bond donors (Lipinski definition) is 3. The van der Waals surface area contributed by atoms with E-state index in [2.05, 4.69) is 0 Å². The molecule has 0 aromatic rings. The average molecular weight is 197 g/mol. The van der Waals surface area contributed by atoms with Gasteiger partial charge in [0.1, 0.15) is 0 Å². The fourth-order valence-corrected chi connectivity index (χ4v) is 4.35. The Bertz CT molecular complexity index is 242. The van der Waals surface area contributed by atoms with Crippen molar-refractivity contribution in [1.29, 1.82) is 0 Å². The Balaban J connectivity index is 1.91. The van der Waals surface area contributed by atoms with Gasteiger partial charge in [-0.15, -0.1) is 0 Å². The molecular formula is C11H19NO2. The molecule has 6 atom stereocenters. The topological polar surface area (TPSA) is 66.5 Å². The molecule has 3 aliphatic carbocycles. The third-order valence-corrected chi connectivity index (χ3v) is 5.08. The molecule has 3 nitrogen and oxygen atoms in total. The fourth-order valence-electron chi connectivity index (χ4n) is 4.35. The van der Waals surface area contributed by atoms with Gasteiger partial charge >= 0.3 is 0 Å². The molecule has 14 heavy (non-hydrogen) atoms. The molecule has 3 fully saturated rings. The van der Waals surface area contributed by atoms with E-state index in [1.807, 2.05) is 0 Å². The van der Waals surface area contributed by atoms with Gasteiger partial charge in [-0.05, 0) is 49.4 Å². The standard InChI is InChI=1S/C11H19NO2/c12-10-6-1-2-7(3-6)11(10)4-8(13)9(14)5-11/h6-10,13-14H,1-5,12H2/t6-,7+,8-,9?,10-,11?/m1/s1. The predicted octanol–water partition coefficient (Wildman–Crippen LogP) is 0.246. The second kappa shape index (κ2) is 2.71. The van der Waals surface area contributed by atoms with Gasteiger partial charge in [0, 0.05) is 6.04 Å². The summed E-state index contributed by atoms with van der Waals surface area (Å²) in [5.41, 5.74) is 6.35. The molecule has 0 aliphatic heterocycles. The van der Waals surface area contributed by atoms with Crippen LogP contribution in [0.25, 0.3) is 0 Å². The van der Waals surface area contributed by atoms with E-state index in [9.17, 15) is 10.2 Å². The molecule has 1 spiro atoms. The summed E-state index contributed by atoms with van der Waals surface area (Å²) in [6, 6.07) is 0.230. The molecule has 3 heteroatoms. The summed E-state index contributed by atoms with van der Waals surface area (Å²) < 4.78 is 0. The van der Waals surface area contributed by atoms with E-state index in [0.717, 1.165) is 12.8 Å². The lowest BCUT2D eigenvalue weighted by Crippen LogP contribution is -2.45. The quantitative estimate of drug-likeness (QED) is 0.521. The van der Waals surface area contributed by atoms with E-state index < -0.39 is 12.2 Å². The van der Waals surface area contributed by atoms with Crippen LogP contribution in [0.4, 0.5) is 0 Å². The zero-order valence-electron chi connectivity index (χ0n) is 8.39. The molecule has 0 aromatic heterocycles. The number of aliphatic hydroxyl groups is 2. The van der Waals surface area contributed by atoms with E-state index in [4.69, 9.17) is 5.73 Å². The first kappa shape index (κ1) is 9.13. The highest BCUT2D eigenvalue weighted by Crippen LogP contribution is 2.61. The van der Waals surface area contributed by atoms with Crippen LogP contribution >= 0.6 is 0 Å². The van der Waals surface area contributed by atoms with E-state index in [0.29, 0.717) is 11.8 Å². The van der Waals surface area contributed by atoms with Crippen LogP contribution in [-0.2, 0) is 0 Å². The van der Waals surface area contributed by atoms with Gasteiger partial charge in [-0.3, -0.25) is 0 Å². The van der Waals surface area contributed by atoms with Crippen LogP contribution in [0.15, 0.2) is 0 Å². The third kappa shape index (κ3) is 0.930. The van der Waals surface area contributed by atoms with Crippen molar-refractivity contribution >= 4 is 0 Å². The third-order valence-electron chi connectivity index (χ3n) is 5.08. The van der Waals surface area contributed by atoms with Crippen molar-refractivity contribution < 1.29 is 10.2 Å². The van der Waals surface area contributed by atoms with Gasteiger partial charge in [-0.1, -0.05) is 0 Å². The minimum atomic E-state index is -0.527. The lowest BCUT2D eigenvalue weighted by molar-refractivity contribution is 0.0438. The predicted molar refractivity (Wildman–Crippen MR) is 52.5 cm³/mol. The Kier molecular flexibility index (Phi) is 1.77. The Morgan fingerprint density at radius 2 is 1.71 bits per heavy atom. The second-order valence-corrected chi connectivity index (χ2v) is 5.57. The molecule has 80 valence electrons. The van der Waals surface area contributed by atoms with Gasteiger partial charge in [-0.25, -0.2) is 0 Å². The van der Waals surface area contributed by atoms with Crippen molar-refractivity contribution in [2.45, 2.75) is 50.4 Å². The van der Waals surface area contributed by atoms with Crippen LogP contribution in [-0.4, -0.2) is 28.5 Å². The summed E-state index contributed by atoms with van der Waals surface area (Å²) in [6.07, 6.45) is 4.17. The maximum absolute atomic E-state index is 9.66. The SMILES string of the molecule is N[C@@H]1[C@@H]2CC[C@@H](C2)C12CC(O)[C@H](O)C2. The Labute approximate surface area is 84.3 Å². The molecule has 0 radical (unpaired) electrons. The fraction of sp³-hybridized carbons (Fsp3) is 1.00. The first-order valence-corrected chi connectivity index (χ1v) is 5.75. The van der Waals surface area contributed by atoms with Crippen molar-refractivity contribution in [3.05, 3.63) is 0 Å². The van der Waals surface area contributed by atoms with Crippen molar-refractivity contribution in [3.63, 3.8) is 0 Å². The summed E-state index contributed by atoms with van der Waals surface area (Å²) >= 11 is 0. The molecule has 0 amide bonds. The van der Waals surface area contributed by atoms with Crippen molar-refractivity contribution in [1.82, 2.24) is 0 Å². The van der Waals surface area contributed by atoms with Gasteiger partial charge in [0.25, 0.3) is 0 Å². The molecule has 0 heterocycles. The second-order valence-electron chi connectivity index (χ2n) is 5.57. The van der Waals surface area contributed by atoms with E-state index in [1.54, 1.807) is 0 Å². The summed E-state index contributed by atoms with van der Waals surface area (Å²) in [5, 5.41) is 19.3. The molecule has 4 N–H and O–H groups in total. The summed E-state index contributed by atoms with van der Waals surface area (Å²) in [7, 11) is 0. The van der Waals surface area contributed by atoms with Crippen LogP contribution in [0, 0.1) is 17.3 Å². The van der Waals surface area contributed by atoms with Gasteiger partial charge < -0.3 is 15.9 Å². The lowest BCUT2D eigenvalue weighted by Gasteiger charge is -2.39. The summed E-state index contributed by atoms with van der Waals surface area (Å²) in [4.78, 5) is 0. The van der Waals surface area contributed by atoms with E-state index >= 15 is 0 Å². The molecule has 3 saturated carbocycles. The number of fused-ring (bicyclic) bond motifs is 3. The first-order chi connectivity index (χ1) is 6.63. The molecule has 3 rings (SSSR count). The van der Waals surface area contributed by atoms with Crippen molar-refractivity contribution in [3.8, 4) is 0 Å². The van der Waals surface area contributed by atoms with Crippen LogP contribution in [0.5, 0.6) is 0 Å². The molecule has 0 saturated heterocycles. The average Bonchev–Trinajstić information content (AvgIpc) is 2.76. The minimum absolute atomic E-state index is 0.0851. The summed E-state index contributed by atoms with van der Waals surface area (Å²) in [6.45, 7) is 0. The van der Waals surface area contributed by atoms with Crippen molar-refractivity contribution in [2.24, 2.45) is 23.0 Å². The maximum Gasteiger partial charge on any atom is 0.0805 e. The minimum Gasteiger partial charge on any atom is -0.390 e. The van der Waals surface area contributed by atoms with Gasteiger partial charge in [0.2, 0.25) is 0 Å². The van der Waals surface area contributed by atoms with Crippen LogP contribution < -0.4 is 5.73 Å². The molecule has 2 unspecified atom stereocenters. The van der Waals surface area contributed by atoms with Gasteiger partial charge in [-0.2, -0.15) is 0 Å². The van der Waals surface area contributed by atoms with Crippen LogP contribution in [0.3, 0.4) is 0 Å². The molecular weight excluding hydrogens is 178 g/mol. The molecule has 3 aliphatic rings. The Hall–Kier alpha value is -0.120.